The molecule has 32 heavy (non-hydrogen) atoms. The van der Waals surface area contributed by atoms with Crippen LogP contribution in [-0.2, 0) is 9.59 Å². The van der Waals surface area contributed by atoms with Gasteiger partial charge in [-0.05, 0) is 53.8 Å². The number of nitrogens with one attached hydrogen (secondary N) is 2. The van der Waals surface area contributed by atoms with Crippen LogP contribution in [0.1, 0.15) is 36.1 Å². The predicted octanol–water partition coefficient (Wildman–Crippen LogP) is 4.53. The molecule has 0 saturated heterocycles. The van der Waals surface area contributed by atoms with Gasteiger partial charge in [-0.25, -0.2) is 0 Å². The molecule has 5 heteroatoms. The first-order valence-electron chi connectivity index (χ1n) is 11.1. The van der Waals surface area contributed by atoms with Crippen molar-refractivity contribution in [3.8, 4) is 11.1 Å². The molecule has 2 amide bonds. The van der Waals surface area contributed by atoms with Crippen molar-refractivity contribution in [2.75, 3.05) is 25.0 Å². The van der Waals surface area contributed by atoms with Crippen molar-refractivity contribution in [2.45, 2.75) is 26.3 Å². The molecule has 0 heterocycles. The van der Waals surface area contributed by atoms with Crippen LogP contribution in [0.25, 0.3) is 11.1 Å². The van der Waals surface area contributed by atoms with E-state index in [1.165, 1.54) is 0 Å². The molecule has 164 valence electrons. The van der Waals surface area contributed by atoms with E-state index in [-0.39, 0.29) is 30.9 Å². The molecule has 0 unspecified atom stereocenters. The second-order valence-corrected chi connectivity index (χ2v) is 8.25. The summed E-state index contributed by atoms with van der Waals surface area (Å²) in [4.78, 5) is 27.5. The van der Waals surface area contributed by atoms with E-state index < -0.39 is 0 Å². The summed E-state index contributed by atoms with van der Waals surface area (Å²) in [6.45, 7) is 5.04. The molecule has 1 aliphatic rings. The Bertz CT molecular complexity index is 1080. The minimum atomic E-state index is -0.167. The van der Waals surface area contributed by atoms with Crippen LogP contribution in [0.3, 0.4) is 0 Å². The first-order valence-corrected chi connectivity index (χ1v) is 11.1. The standard InChI is InChI=1S/C27H29N3O2/c1-3-16-30(17-25(31)28-24-15-9-4-10-19(24)2)18-26(32)29-27-22-13-7-5-11-20(22)21-12-6-8-14-23(21)27/h4-15,27H,3,16-18H2,1-2H3,(H,28,31)(H,29,32). The molecule has 0 bridgehead atoms. The maximum absolute atomic E-state index is 13.0. The molecule has 0 spiro atoms. The molecular weight excluding hydrogens is 398 g/mol. The number of fused-ring (bicyclic) bond motifs is 3. The number of nitrogens with zero attached hydrogens (tertiary/aromatic N) is 1. The fourth-order valence-corrected chi connectivity index (χ4v) is 4.36. The molecule has 3 aromatic rings. The summed E-state index contributed by atoms with van der Waals surface area (Å²) in [5, 5.41) is 6.16. The summed E-state index contributed by atoms with van der Waals surface area (Å²) in [6, 6.07) is 23.9. The SMILES string of the molecule is CCCN(CC(=O)Nc1ccccc1C)CC(=O)NC1c2ccccc2-c2ccccc21. The molecule has 3 aromatic carbocycles. The van der Waals surface area contributed by atoms with Crippen molar-refractivity contribution >= 4 is 17.5 Å². The van der Waals surface area contributed by atoms with Gasteiger partial charge in [0, 0.05) is 5.69 Å². The van der Waals surface area contributed by atoms with Crippen LogP contribution < -0.4 is 10.6 Å². The third-order valence-electron chi connectivity index (χ3n) is 5.83. The topological polar surface area (TPSA) is 61.4 Å². The summed E-state index contributed by atoms with van der Waals surface area (Å²) in [5.41, 5.74) is 6.37. The van der Waals surface area contributed by atoms with Crippen molar-refractivity contribution < 1.29 is 9.59 Å². The lowest BCUT2D eigenvalue weighted by Gasteiger charge is -2.23. The van der Waals surface area contributed by atoms with Crippen molar-refractivity contribution in [1.29, 1.82) is 0 Å². The lowest BCUT2D eigenvalue weighted by Crippen LogP contribution is -2.42. The lowest BCUT2D eigenvalue weighted by molar-refractivity contribution is -0.123. The van der Waals surface area contributed by atoms with Gasteiger partial charge in [-0.1, -0.05) is 73.7 Å². The molecule has 0 aromatic heterocycles. The van der Waals surface area contributed by atoms with Gasteiger partial charge < -0.3 is 10.6 Å². The quantitative estimate of drug-likeness (QED) is 0.555. The minimum absolute atomic E-state index is 0.0846. The predicted molar refractivity (Wildman–Crippen MR) is 128 cm³/mol. The van der Waals surface area contributed by atoms with E-state index in [1.807, 2.05) is 67.3 Å². The average molecular weight is 428 g/mol. The Labute approximate surface area is 189 Å². The smallest absolute Gasteiger partial charge is 0.238 e. The van der Waals surface area contributed by atoms with E-state index in [1.54, 1.807) is 0 Å². The zero-order chi connectivity index (χ0) is 22.5. The zero-order valence-corrected chi connectivity index (χ0v) is 18.6. The number of carbonyl (C=O) groups excluding carboxylic acids is 2. The van der Waals surface area contributed by atoms with Gasteiger partial charge in [0.15, 0.2) is 0 Å². The first kappa shape index (κ1) is 21.8. The molecule has 1 aliphatic carbocycles. The van der Waals surface area contributed by atoms with Crippen LogP contribution in [0.4, 0.5) is 5.69 Å². The Morgan fingerprint density at radius 1 is 0.812 bits per heavy atom. The van der Waals surface area contributed by atoms with Crippen LogP contribution in [0.2, 0.25) is 0 Å². The summed E-state index contributed by atoms with van der Waals surface area (Å²) in [7, 11) is 0. The second kappa shape index (κ2) is 9.79. The zero-order valence-electron chi connectivity index (χ0n) is 18.6. The maximum atomic E-state index is 13.0. The van der Waals surface area contributed by atoms with Gasteiger partial charge in [0.05, 0.1) is 19.1 Å². The number of rotatable bonds is 8. The highest BCUT2D eigenvalue weighted by atomic mass is 16.2. The molecular formula is C27H29N3O2. The summed E-state index contributed by atoms with van der Waals surface area (Å²) in [6.07, 6.45) is 0.861. The number of anilines is 1. The number of carbonyl (C=O) groups is 2. The lowest BCUT2D eigenvalue weighted by atomic mass is 10.1. The van der Waals surface area contributed by atoms with Crippen molar-refractivity contribution in [3.05, 3.63) is 89.5 Å². The first-order chi connectivity index (χ1) is 15.6. The van der Waals surface area contributed by atoms with E-state index in [9.17, 15) is 9.59 Å². The Balaban J connectivity index is 1.42. The monoisotopic (exact) mass is 427 g/mol. The van der Waals surface area contributed by atoms with E-state index in [0.29, 0.717) is 6.54 Å². The van der Waals surface area contributed by atoms with Gasteiger partial charge in [0.2, 0.25) is 11.8 Å². The number of hydrogen-bond donors (Lipinski definition) is 2. The number of amides is 2. The maximum Gasteiger partial charge on any atom is 0.238 e. The summed E-state index contributed by atoms with van der Waals surface area (Å²) < 4.78 is 0. The fraction of sp³-hybridized carbons (Fsp3) is 0.259. The third kappa shape index (κ3) is 4.73. The van der Waals surface area contributed by atoms with Crippen LogP contribution in [0.5, 0.6) is 0 Å². The summed E-state index contributed by atoms with van der Waals surface area (Å²) in [5.74, 6) is -0.198. The van der Waals surface area contributed by atoms with E-state index >= 15 is 0 Å². The molecule has 0 atom stereocenters. The van der Waals surface area contributed by atoms with Crippen LogP contribution in [-0.4, -0.2) is 36.3 Å². The molecule has 0 fully saturated rings. The Morgan fingerprint density at radius 3 is 2.00 bits per heavy atom. The highest BCUT2D eigenvalue weighted by Gasteiger charge is 2.29. The Kier molecular flexibility index (Phi) is 6.66. The highest BCUT2D eigenvalue weighted by molar-refractivity contribution is 5.93. The Hall–Kier alpha value is -3.44. The van der Waals surface area contributed by atoms with Crippen molar-refractivity contribution in [1.82, 2.24) is 10.2 Å². The number of aryl methyl sites for hydroxylation is 1. The van der Waals surface area contributed by atoms with Crippen LogP contribution in [0.15, 0.2) is 72.8 Å². The molecule has 5 nitrogen and oxygen atoms in total. The average Bonchev–Trinajstić information content (AvgIpc) is 3.09. The second-order valence-electron chi connectivity index (χ2n) is 8.25. The van der Waals surface area contributed by atoms with Crippen LogP contribution >= 0.6 is 0 Å². The molecule has 2 N–H and O–H groups in total. The molecule has 0 saturated carbocycles. The van der Waals surface area contributed by atoms with Gasteiger partial charge >= 0.3 is 0 Å². The van der Waals surface area contributed by atoms with Crippen molar-refractivity contribution in [3.63, 3.8) is 0 Å². The van der Waals surface area contributed by atoms with Gasteiger partial charge in [0.1, 0.15) is 0 Å². The molecule has 0 aliphatic heterocycles. The molecule has 4 rings (SSSR count). The molecule has 0 radical (unpaired) electrons. The van der Waals surface area contributed by atoms with Crippen LogP contribution in [0, 0.1) is 6.92 Å². The van der Waals surface area contributed by atoms with Gasteiger partial charge in [-0.2, -0.15) is 0 Å². The number of para-hydroxylation sites is 1. The van der Waals surface area contributed by atoms with E-state index in [2.05, 4.69) is 34.9 Å². The van der Waals surface area contributed by atoms with Gasteiger partial charge in [-0.15, -0.1) is 0 Å². The number of hydrogen-bond acceptors (Lipinski definition) is 3. The third-order valence-corrected chi connectivity index (χ3v) is 5.83. The van der Waals surface area contributed by atoms with Crippen molar-refractivity contribution in [2.24, 2.45) is 0 Å². The minimum Gasteiger partial charge on any atom is -0.344 e. The number of benzene rings is 3. The van der Waals surface area contributed by atoms with E-state index in [4.69, 9.17) is 0 Å². The Morgan fingerprint density at radius 2 is 1.38 bits per heavy atom. The van der Waals surface area contributed by atoms with Gasteiger partial charge in [-0.3, -0.25) is 14.5 Å². The fourth-order valence-electron chi connectivity index (χ4n) is 4.36. The highest BCUT2D eigenvalue weighted by Crippen LogP contribution is 2.42. The summed E-state index contributed by atoms with van der Waals surface area (Å²) >= 11 is 0. The largest absolute Gasteiger partial charge is 0.344 e. The van der Waals surface area contributed by atoms with E-state index in [0.717, 1.165) is 39.9 Å². The van der Waals surface area contributed by atoms with Gasteiger partial charge in [0.25, 0.3) is 0 Å². The normalized spacial score (nSPS) is 12.3.